The lowest BCUT2D eigenvalue weighted by atomic mass is 9.90. The fourth-order valence-electron chi connectivity index (χ4n) is 3.16. The molecule has 1 saturated carbocycles. The standard InChI is InChI=1S/C22H26OS3/c23-22(18-10-4-1-5-11-18)24-17-16-21(25-19-12-6-2-7-13-19)26-20-14-8-3-9-15-20/h2-3,6-9,12-15,18,21H,1,4-5,10-11,16-17H2. The number of thioether (sulfide) groups is 3. The third kappa shape index (κ3) is 6.71. The van der Waals surface area contributed by atoms with Gasteiger partial charge in [0.25, 0.3) is 0 Å². The summed E-state index contributed by atoms with van der Waals surface area (Å²) in [6.07, 6.45) is 7.00. The number of hydrogen-bond donors (Lipinski definition) is 0. The first-order chi connectivity index (χ1) is 12.8. The van der Waals surface area contributed by atoms with E-state index in [-0.39, 0.29) is 0 Å². The average Bonchev–Trinajstić information content (AvgIpc) is 2.70. The van der Waals surface area contributed by atoms with Gasteiger partial charge in [-0.25, -0.2) is 0 Å². The van der Waals surface area contributed by atoms with Crippen molar-refractivity contribution >= 4 is 40.4 Å². The van der Waals surface area contributed by atoms with Gasteiger partial charge in [-0.2, -0.15) is 0 Å². The van der Waals surface area contributed by atoms with E-state index in [1.54, 1.807) is 11.8 Å². The van der Waals surface area contributed by atoms with Gasteiger partial charge >= 0.3 is 0 Å². The van der Waals surface area contributed by atoms with Crippen molar-refractivity contribution in [2.45, 2.75) is 52.9 Å². The van der Waals surface area contributed by atoms with Gasteiger partial charge in [0.05, 0.1) is 4.58 Å². The zero-order valence-corrected chi connectivity index (χ0v) is 17.5. The maximum absolute atomic E-state index is 12.4. The number of hydrogen-bond acceptors (Lipinski definition) is 4. The first kappa shape index (κ1) is 19.9. The van der Waals surface area contributed by atoms with E-state index in [1.807, 2.05) is 23.5 Å². The van der Waals surface area contributed by atoms with Crippen molar-refractivity contribution in [3.63, 3.8) is 0 Å². The Balaban J connectivity index is 1.53. The lowest BCUT2D eigenvalue weighted by molar-refractivity contribution is -0.115. The topological polar surface area (TPSA) is 17.1 Å². The van der Waals surface area contributed by atoms with Gasteiger partial charge in [0, 0.05) is 21.5 Å². The Hall–Kier alpha value is -0.840. The van der Waals surface area contributed by atoms with E-state index in [4.69, 9.17) is 0 Å². The first-order valence-corrected chi connectivity index (χ1v) is 12.2. The van der Waals surface area contributed by atoms with E-state index in [0.29, 0.717) is 15.6 Å². The molecule has 0 radical (unpaired) electrons. The fourth-order valence-corrected chi connectivity index (χ4v) is 7.05. The molecule has 1 fully saturated rings. The molecule has 138 valence electrons. The van der Waals surface area contributed by atoms with E-state index >= 15 is 0 Å². The summed E-state index contributed by atoms with van der Waals surface area (Å²) in [6.45, 7) is 0. The molecule has 0 amide bonds. The van der Waals surface area contributed by atoms with Crippen LogP contribution in [0.2, 0.25) is 0 Å². The highest BCUT2D eigenvalue weighted by Crippen LogP contribution is 2.38. The Kier molecular flexibility index (Phi) is 8.50. The van der Waals surface area contributed by atoms with Gasteiger partial charge in [-0.15, -0.1) is 23.5 Å². The van der Waals surface area contributed by atoms with E-state index in [1.165, 1.54) is 29.1 Å². The number of carbonyl (C=O) groups is 1. The minimum absolute atomic E-state index is 0.316. The molecule has 0 spiro atoms. The average molecular weight is 403 g/mol. The first-order valence-electron chi connectivity index (χ1n) is 9.41. The van der Waals surface area contributed by atoms with Gasteiger partial charge in [0.2, 0.25) is 0 Å². The monoisotopic (exact) mass is 402 g/mol. The van der Waals surface area contributed by atoms with Crippen molar-refractivity contribution in [3.8, 4) is 0 Å². The Bertz CT molecular complexity index is 612. The predicted octanol–water partition coefficient (Wildman–Crippen LogP) is 7.13. The van der Waals surface area contributed by atoms with Gasteiger partial charge in [-0.1, -0.05) is 67.4 Å². The molecule has 1 aliphatic carbocycles. The summed E-state index contributed by atoms with van der Waals surface area (Å²) in [7, 11) is 0. The maximum atomic E-state index is 12.4. The second kappa shape index (κ2) is 11.1. The van der Waals surface area contributed by atoms with E-state index in [0.717, 1.165) is 25.0 Å². The molecule has 0 N–H and O–H groups in total. The van der Waals surface area contributed by atoms with Crippen LogP contribution in [0.15, 0.2) is 70.5 Å². The summed E-state index contributed by atoms with van der Waals surface area (Å²) in [5, 5.41) is 0.429. The molecule has 0 atom stereocenters. The molecular weight excluding hydrogens is 376 g/mol. The van der Waals surface area contributed by atoms with E-state index in [9.17, 15) is 4.79 Å². The summed E-state index contributed by atoms with van der Waals surface area (Å²) < 4.78 is 0.423. The summed E-state index contributed by atoms with van der Waals surface area (Å²) in [5.74, 6) is 1.23. The normalized spacial score (nSPS) is 15.3. The van der Waals surface area contributed by atoms with Crippen molar-refractivity contribution in [2.75, 3.05) is 5.75 Å². The van der Waals surface area contributed by atoms with E-state index in [2.05, 4.69) is 60.7 Å². The lowest BCUT2D eigenvalue weighted by Crippen LogP contribution is -2.15. The van der Waals surface area contributed by atoms with Crippen LogP contribution >= 0.6 is 35.3 Å². The highest BCUT2D eigenvalue weighted by Gasteiger charge is 2.22. The second-order valence-corrected chi connectivity index (χ2v) is 10.5. The molecule has 2 aromatic carbocycles. The molecule has 26 heavy (non-hydrogen) atoms. The van der Waals surface area contributed by atoms with Crippen LogP contribution in [0, 0.1) is 5.92 Å². The van der Waals surface area contributed by atoms with Crippen molar-refractivity contribution in [3.05, 3.63) is 60.7 Å². The molecule has 0 bridgehead atoms. The van der Waals surface area contributed by atoms with Gasteiger partial charge in [0.15, 0.2) is 5.12 Å². The molecule has 2 aromatic rings. The zero-order valence-electron chi connectivity index (χ0n) is 15.0. The van der Waals surface area contributed by atoms with Gasteiger partial charge < -0.3 is 0 Å². The van der Waals surface area contributed by atoms with Crippen molar-refractivity contribution in [2.24, 2.45) is 5.92 Å². The molecule has 0 heterocycles. The predicted molar refractivity (Wildman–Crippen MR) is 117 cm³/mol. The summed E-state index contributed by atoms with van der Waals surface area (Å²) in [5.41, 5.74) is 0. The summed E-state index contributed by atoms with van der Waals surface area (Å²) in [4.78, 5) is 15.0. The van der Waals surface area contributed by atoms with Crippen LogP contribution in [0.25, 0.3) is 0 Å². The van der Waals surface area contributed by atoms with Crippen LogP contribution < -0.4 is 0 Å². The Morgan fingerprint density at radius 1 is 0.846 bits per heavy atom. The van der Waals surface area contributed by atoms with Crippen LogP contribution in [0.4, 0.5) is 0 Å². The summed E-state index contributed by atoms with van der Waals surface area (Å²) in [6, 6.07) is 21.2. The molecule has 0 aromatic heterocycles. The molecule has 4 heteroatoms. The zero-order chi connectivity index (χ0) is 18.0. The van der Waals surface area contributed by atoms with Crippen LogP contribution in [0.1, 0.15) is 38.5 Å². The largest absolute Gasteiger partial charge is 0.287 e. The van der Waals surface area contributed by atoms with Gasteiger partial charge in [-0.3, -0.25) is 4.79 Å². The minimum atomic E-state index is 0.316. The minimum Gasteiger partial charge on any atom is -0.287 e. The van der Waals surface area contributed by atoms with Crippen LogP contribution in [-0.2, 0) is 4.79 Å². The molecule has 0 saturated heterocycles. The number of benzene rings is 2. The highest BCUT2D eigenvalue weighted by molar-refractivity contribution is 8.17. The molecule has 1 aliphatic rings. The number of rotatable bonds is 8. The van der Waals surface area contributed by atoms with Crippen molar-refractivity contribution < 1.29 is 4.79 Å². The van der Waals surface area contributed by atoms with E-state index < -0.39 is 0 Å². The quantitative estimate of drug-likeness (QED) is 0.345. The fraction of sp³-hybridized carbons (Fsp3) is 0.409. The van der Waals surface area contributed by atoms with Crippen LogP contribution in [0.3, 0.4) is 0 Å². The maximum Gasteiger partial charge on any atom is 0.192 e. The molecule has 1 nitrogen and oxygen atoms in total. The van der Waals surface area contributed by atoms with Crippen LogP contribution in [-0.4, -0.2) is 15.5 Å². The smallest absolute Gasteiger partial charge is 0.192 e. The summed E-state index contributed by atoms with van der Waals surface area (Å²) >= 11 is 5.39. The SMILES string of the molecule is O=C(SCCC(Sc1ccccc1)Sc1ccccc1)C1CCCCC1. The molecular formula is C22H26OS3. The van der Waals surface area contributed by atoms with Gasteiger partial charge in [0.1, 0.15) is 0 Å². The molecule has 0 unspecified atom stereocenters. The number of carbonyl (C=O) groups excluding carboxylic acids is 1. The molecule has 0 aliphatic heterocycles. The Labute approximate surface area is 170 Å². The molecule has 3 rings (SSSR count). The Morgan fingerprint density at radius 3 is 1.92 bits per heavy atom. The van der Waals surface area contributed by atoms with Gasteiger partial charge in [-0.05, 0) is 43.5 Å². The third-order valence-electron chi connectivity index (χ3n) is 4.56. The van der Waals surface area contributed by atoms with Crippen LogP contribution in [0.5, 0.6) is 0 Å². The second-order valence-electron chi connectivity index (χ2n) is 6.58. The lowest BCUT2D eigenvalue weighted by Gasteiger charge is -2.20. The highest BCUT2D eigenvalue weighted by atomic mass is 32.2. The Morgan fingerprint density at radius 2 is 1.38 bits per heavy atom. The third-order valence-corrected chi connectivity index (χ3v) is 8.28. The van der Waals surface area contributed by atoms with Crippen molar-refractivity contribution in [1.82, 2.24) is 0 Å². The van der Waals surface area contributed by atoms with Crippen molar-refractivity contribution in [1.29, 1.82) is 0 Å².